The Morgan fingerprint density at radius 1 is 1.62 bits per heavy atom. The monoisotopic (exact) mass is 185 g/mol. The van der Waals surface area contributed by atoms with E-state index in [0.29, 0.717) is 13.2 Å². The summed E-state index contributed by atoms with van der Waals surface area (Å²) in [5, 5.41) is 0. The number of rotatable bonds is 2. The lowest BCUT2D eigenvalue weighted by Gasteiger charge is -2.40. The fourth-order valence-corrected chi connectivity index (χ4v) is 1.30. The molecule has 0 aromatic rings. The molecule has 1 saturated heterocycles. The van der Waals surface area contributed by atoms with E-state index >= 15 is 0 Å². The average Bonchev–Trinajstić information content (AvgIpc) is 1.97. The number of esters is 1. The fraction of sp³-hybridized carbons (Fsp3) is 0.778. The zero-order chi connectivity index (χ0) is 10.1. The molecule has 0 atom stereocenters. The van der Waals surface area contributed by atoms with Gasteiger partial charge in [-0.05, 0) is 20.8 Å². The summed E-state index contributed by atoms with van der Waals surface area (Å²) in [7, 11) is 0. The van der Waals surface area contributed by atoms with Crippen LogP contribution in [0.25, 0.3) is 0 Å². The molecule has 4 heteroatoms. The van der Waals surface area contributed by atoms with E-state index in [9.17, 15) is 9.59 Å². The van der Waals surface area contributed by atoms with Crippen LogP contribution in [0.3, 0.4) is 0 Å². The first-order valence-corrected chi connectivity index (χ1v) is 4.32. The van der Waals surface area contributed by atoms with E-state index < -0.39 is 0 Å². The maximum absolute atomic E-state index is 11.0. The van der Waals surface area contributed by atoms with Crippen LogP contribution in [0.2, 0.25) is 0 Å². The minimum absolute atomic E-state index is 0.0720. The lowest BCUT2D eigenvalue weighted by Crippen LogP contribution is -2.55. The summed E-state index contributed by atoms with van der Waals surface area (Å²) in [5.41, 5.74) is -0.223. The first kappa shape index (κ1) is 10.2. The number of hydrogen-bond donors (Lipinski definition) is 0. The number of cyclic esters (lactones) is 1. The molecule has 1 aliphatic heterocycles. The molecule has 1 aliphatic rings. The lowest BCUT2D eigenvalue weighted by molar-refractivity contribution is -0.160. The van der Waals surface area contributed by atoms with Gasteiger partial charge in [0.15, 0.2) is 0 Å². The van der Waals surface area contributed by atoms with Crippen LogP contribution in [0.4, 0.5) is 0 Å². The minimum Gasteiger partial charge on any atom is -0.463 e. The molecule has 0 aromatic heterocycles. The molecule has 0 amide bonds. The van der Waals surface area contributed by atoms with Crippen molar-refractivity contribution in [1.82, 2.24) is 4.90 Å². The molecule has 1 heterocycles. The number of Topliss-reactive ketones (excluding diaryl/α,β-unsaturated/α-hetero) is 1. The van der Waals surface area contributed by atoms with Gasteiger partial charge in [-0.15, -0.1) is 0 Å². The first-order valence-electron chi connectivity index (χ1n) is 4.32. The normalized spacial score (nSPS) is 22.5. The second-order valence-corrected chi connectivity index (χ2v) is 4.03. The molecule has 4 nitrogen and oxygen atoms in total. The van der Waals surface area contributed by atoms with Crippen molar-refractivity contribution in [3.63, 3.8) is 0 Å². The largest absolute Gasteiger partial charge is 0.463 e. The number of hydrogen-bond acceptors (Lipinski definition) is 4. The molecular weight excluding hydrogens is 170 g/mol. The number of carbonyl (C=O) groups is 2. The van der Waals surface area contributed by atoms with Crippen molar-refractivity contribution in [3.05, 3.63) is 0 Å². The summed E-state index contributed by atoms with van der Waals surface area (Å²) in [6, 6.07) is 0. The molecule has 13 heavy (non-hydrogen) atoms. The highest BCUT2D eigenvalue weighted by Gasteiger charge is 2.35. The summed E-state index contributed by atoms with van der Waals surface area (Å²) in [6.07, 6.45) is 0. The molecular formula is C9H15NO3. The standard InChI is InChI=1S/C9H15NO3/c1-7(11)4-10-5-8(12)13-6-9(10,2)3/h4-6H2,1-3H3. The van der Waals surface area contributed by atoms with E-state index in [2.05, 4.69) is 0 Å². The molecule has 0 spiro atoms. The Labute approximate surface area is 77.8 Å². The van der Waals surface area contributed by atoms with Gasteiger partial charge in [-0.25, -0.2) is 0 Å². The van der Waals surface area contributed by atoms with Gasteiger partial charge in [0.05, 0.1) is 18.6 Å². The highest BCUT2D eigenvalue weighted by atomic mass is 16.5. The van der Waals surface area contributed by atoms with Crippen molar-refractivity contribution < 1.29 is 14.3 Å². The number of carbonyl (C=O) groups excluding carboxylic acids is 2. The highest BCUT2D eigenvalue weighted by molar-refractivity contribution is 5.79. The molecule has 0 aliphatic carbocycles. The fourth-order valence-electron chi connectivity index (χ4n) is 1.30. The quantitative estimate of drug-likeness (QED) is 0.577. The Bertz CT molecular complexity index is 233. The second-order valence-electron chi connectivity index (χ2n) is 4.03. The topological polar surface area (TPSA) is 46.6 Å². The van der Waals surface area contributed by atoms with Gasteiger partial charge in [-0.3, -0.25) is 14.5 Å². The molecule has 0 aromatic carbocycles. The molecule has 74 valence electrons. The highest BCUT2D eigenvalue weighted by Crippen LogP contribution is 2.18. The van der Waals surface area contributed by atoms with E-state index in [1.165, 1.54) is 6.92 Å². The van der Waals surface area contributed by atoms with Gasteiger partial charge in [0.1, 0.15) is 12.4 Å². The van der Waals surface area contributed by atoms with Gasteiger partial charge in [-0.2, -0.15) is 0 Å². The van der Waals surface area contributed by atoms with Gasteiger partial charge < -0.3 is 4.74 Å². The van der Waals surface area contributed by atoms with Crippen molar-refractivity contribution >= 4 is 11.8 Å². The average molecular weight is 185 g/mol. The Morgan fingerprint density at radius 2 is 2.23 bits per heavy atom. The molecule has 0 radical (unpaired) electrons. The van der Waals surface area contributed by atoms with E-state index in [-0.39, 0.29) is 23.8 Å². The number of morpholine rings is 1. The predicted molar refractivity (Wildman–Crippen MR) is 47.3 cm³/mol. The van der Waals surface area contributed by atoms with E-state index in [1.807, 2.05) is 18.7 Å². The van der Waals surface area contributed by atoms with Gasteiger partial charge in [0.25, 0.3) is 0 Å². The molecule has 0 N–H and O–H groups in total. The number of nitrogens with zero attached hydrogens (tertiary/aromatic N) is 1. The smallest absolute Gasteiger partial charge is 0.320 e. The molecule has 1 rings (SSSR count). The van der Waals surface area contributed by atoms with Gasteiger partial charge in [0.2, 0.25) is 0 Å². The van der Waals surface area contributed by atoms with Crippen molar-refractivity contribution in [1.29, 1.82) is 0 Å². The number of ether oxygens (including phenoxy) is 1. The maximum atomic E-state index is 11.0. The summed E-state index contributed by atoms with van der Waals surface area (Å²) in [6.45, 7) is 6.34. The Balaban J connectivity index is 2.66. The summed E-state index contributed by atoms with van der Waals surface area (Å²) in [4.78, 5) is 23.7. The SMILES string of the molecule is CC(=O)CN1CC(=O)OCC1(C)C. The van der Waals surface area contributed by atoms with Gasteiger partial charge >= 0.3 is 5.97 Å². The summed E-state index contributed by atoms with van der Waals surface area (Å²) >= 11 is 0. The van der Waals surface area contributed by atoms with Crippen LogP contribution >= 0.6 is 0 Å². The van der Waals surface area contributed by atoms with Crippen molar-refractivity contribution in [2.24, 2.45) is 0 Å². The molecule has 0 bridgehead atoms. The van der Waals surface area contributed by atoms with Crippen LogP contribution in [0.1, 0.15) is 20.8 Å². The van der Waals surface area contributed by atoms with Crippen LogP contribution < -0.4 is 0 Å². The Kier molecular flexibility index (Phi) is 2.71. The van der Waals surface area contributed by atoms with Crippen LogP contribution in [0.5, 0.6) is 0 Å². The van der Waals surface area contributed by atoms with Gasteiger partial charge in [-0.1, -0.05) is 0 Å². The third-order valence-electron chi connectivity index (χ3n) is 2.18. The maximum Gasteiger partial charge on any atom is 0.320 e. The third kappa shape index (κ3) is 2.52. The predicted octanol–water partition coefficient (Wildman–Crippen LogP) is 0.213. The molecule has 0 unspecified atom stereocenters. The van der Waals surface area contributed by atoms with E-state index in [1.54, 1.807) is 0 Å². The zero-order valence-corrected chi connectivity index (χ0v) is 8.29. The van der Waals surface area contributed by atoms with Crippen molar-refractivity contribution in [2.75, 3.05) is 19.7 Å². The number of ketones is 1. The third-order valence-corrected chi connectivity index (χ3v) is 2.18. The lowest BCUT2D eigenvalue weighted by atomic mass is 10.0. The van der Waals surface area contributed by atoms with Crippen LogP contribution in [-0.4, -0.2) is 41.9 Å². The summed E-state index contributed by atoms with van der Waals surface area (Å²) in [5.74, 6) is -0.177. The van der Waals surface area contributed by atoms with E-state index in [0.717, 1.165) is 0 Å². The van der Waals surface area contributed by atoms with Crippen LogP contribution in [0.15, 0.2) is 0 Å². The van der Waals surface area contributed by atoms with Crippen molar-refractivity contribution in [2.45, 2.75) is 26.3 Å². The zero-order valence-electron chi connectivity index (χ0n) is 8.29. The Morgan fingerprint density at radius 3 is 2.77 bits per heavy atom. The van der Waals surface area contributed by atoms with Crippen LogP contribution in [-0.2, 0) is 14.3 Å². The first-order chi connectivity index (χ1) is 5.92. The Hall–Kier alpha value is -0.900. The van der Waals surface area contributed by atoms with E-state index in [4.69, 9.17) is 4.74 Å². The van der Waals surface area contributed by atoms with Gasteiger partial charge in [0, 0.05) is 0 Å². The molecule has 0 saturated carbocycles. The minimum atomic E-state index is -0.249. The van der Waals surface area contributed by atoms with Crippen LogP contribution in [0, 0.1) is 0 Å². The van der Waals surface area contributed by atoms with Crippen molar-refractivity contribution in [3.8, 4) is 0 Å². The molecule has 1 fully saturated rings. The summed E-state index contributed by atoms with van der Waals surface area (Å²) < 4.78 is 4.91. The second kappa shape index (κ2) is 3.46.